The largest absolute Gasteiger partial charge is 0.361 e. The van der Waals surface area contributed by atoms with Crippen LogP contribution in [0.2, 0.25) is 0 Å². The molecule has 1 unspecified atom stereocenters. The zero-order valence-electron chi connectivity index (χ0n) is 13.7. The Hall–Kier alpha value is -1.82. The Bertz CT molecular complexity index is 499. The normalized spacial score (nSPS) is 18.0. The van der Waals surface area contributed by atoms with E-state index >= 15 is 0 Å². The molecule has 0 bridgehead atoms. The first kappa shape index (κ1) is 16.5. The zero-order chi connectivity index (χ0) is 16.1. The van der Waals surface area contributed by atoms with Gasteiger partial charge in [0.25, 0.3) is 0 Å². The summed E-state index contributed by atoms with van der Waals surface area (Å²) in [7, 11) is 0. The van der Waals surface area contributed by atoms with Crippen LogP contribution in [0, 0.1) is 13.8 Å². The van der Waals surface area contributed by atoms with Gasteiger partial charge < -0.3 is 15.2 Å². The second-order valence-electron chi connectivity index (χ2n) is 5.94. The van der Waals surface area contributed by atoms with Gasteiger partial charge in [0.1, 0.15) is 5.76 Å². The van der Waals surface area contributed by atoms with Gasteiger partial charge in [-0.25, -0.2) is 4.79 Å². The molecule has 2 heterocycles. The molecule has 1 aliphatic rings. The van der Waals surface area contributed by atoms with Gasteiger partial charge in [-0.15, -0.1) is 6.58 Å². The minimum absolute atomic E-state index is 0.118. The summed E-state index contributed by atoms with van der Waals surface area (Å²) in [5.41, 5.74) is 1.78. The van der Waals surface area contributed by atoms with Crippen molar-refractivity contribution in [1.29, 1.82) is 0 Å². The second kappa shape index (κ2) is 7.45. The van der Waals surface area contributed by atoms with Crippen LogP contribution < -0.4 is 10.6 Å². The molecule has 1 aromatic heterocycles. The van der Waals surface area contributed by atoms with Crippen LogP contribution in [0.4, 0.5) is 4.79 Å². The summed E-state index contributed by atoms with van der Waals surface area (Å²) < 4.78 is 5.15. The van der Waals surface area contributed by atoms with Crippen LogP contribution in [-0.4, -0.2) is 41.8 Å². The molecule has 122 valence electrons. The number of carbonyl (C=O) groups is 1. The minimum Gasteiger partial charge on any atom is -0.361 e. The van der Waals surface area contributed by atoms with Crippen LogP contribution in [0.15, 0.2) is 17.2 Å². The fourth-order valence-electron chi connectivity index (χ4n) is 3.05. The lowest BCUT2D eigenvalue weighted by molar-refractivity contribution is 0.202. The number of aryl methyl sites for hydroxylation is 2. The monoisotopic (exact) mass is 306 g/mol. The molecular weight excluding hydrogens is 280 g/mol. The maximum atomic E-state index is 12.1. The van der Waals surface area contributed by atoms with E-state index < -0.39 is 0 Å². The Morgan fingerprint density at radius 3 is 2.73 bits per heavy atom. The molecule has 1 saturated heterocycles. The highest BCUT2D eigenvalue weighted by molar-refractivity contribution is 5.74. The Balaban J connectivity index is 1.80. The van der Waals surface area contributed by atoms with E-state index in [-0.39, 0.29) is 18.1 Å². The Labute approximate surface area is 131 Å². The van der Waals surface area contributed by atoms with Crippen molar-refractivity contribution in [2.24, 2.45) is 0 Å². The number of rotatable bonds is 5. The van der Waals surface area contributed by atoms with Gasteiger partial charge in [0.15, 0.2) is 0 Å². The summed E-state index contributed by atoms with van der Waals surface area (Å²) in [5, 5.41) is 9.95. The topological polar surface area (TPSA) is 70.4 Å². The number of hydrogen-bond donors (Lipinski definition) is 2. The van der Waals surface area contributed by atoms with E-state index in [0.717, 1.165) is 49.5 Å². The SMILES string of the molecule is C=CCN1CCC(NC(=O)NC(C)c2c(C)noc2C)CC1. The number of nitrogens with one attached hydrogen (secondary N) is 2. The zero-order valence-corrected chi connectivity index (χ0v) is 13.7. The van der Waals surface area contributed by atoms with E-state index in [4.69, 9.17) is 4.52 Å². The van der Waals surface area contributed by atoms with Crippen LogP contribution in [-0.2, 0) is 0 Å². The maximum absolute atomic E-state index is 12.1. The van der Waals surface area contributed by atoms with Gasteiger partial charge in [-0.2, -0.15) is 0 Å². The highest BCUT2D eigenvalue weighted by Gasteiger charge is 2.22. The van der Waals surface area contributed by atoms with Crippen molar-refractivity contribution in [3.05, 3.63) is 29.7 Å². The molecule has 0 spiro atoms. The smallest absolute Gasteiger partial charge is 0.315 e. The van der Waals surface area contributed by atoms with E-state index in [0.29, 0.717) is 0 Å². The molecule has 0 aromatic carbocycles. The van der Waals surface area contributed by atoms with Crippen molar-refractivity contribution in [2.45, 2.75) is 45.7 Å². The van der Waals surface area contributed by atoms with Crippen LogP contribution in [0.25, 0.3) is 0 Å². The van der Waals surface area contributed by atoms with E-state index in [9.17, 15) is 4.79 Å². The number of amides is 2. The molecule has 1 fully saturated rings. The van der Waals surface area contributed by atoms with Crippen molar-refractivity contribution in [1.82, 2.24) is 20.7 Å². The minimum atomic E-state index is -0.130. The number of carbonyl (C=O) groups excluding carboxylic acids is 1. The van der Waals surface area contributed by atoms with Gasteiger partial charge >= 0.3 is 6.03 Å². The van der Waals surface area contributed by atoms with Gasteiger partial charge in [-0.1, -0.05) is 11.2 Å². The van der Waals surface area contributed by atoms with Gasteiger partial charge in [-0.3, -0.25) is 4.90 Å². The van der Waals surface area contributed by atoms with Crippen molar-refractivity contribution in [2.75, 3.05) is 19.6 Å². The van der Waals surface area contributed by atoms with Gasteiger partial charge in [0.05, 0.1) is 11.7 Å². The van der Waals surface area contributed by atoms with E-state index in [1.807, 2.05) is 26.8 Å². The molecule has 1 aliphatic heterocycles. The van der Waals surface area contributed by atoms with Crippen LogP contribution >= 0.6 is 0 Å². The first-order chi connectivity index (χ1) is 10.5. The summed E-state index contributed by atoms with van der Waals surface area (Å²) >= 11 is 0. The Kier molecular flexibility index (Phi) is 5.60. The predicted molar refractivity (Wildman–Crippen MR) is 85.7 cm³/mol. The molecule has 0 saturated carbocycles. The van der Waals surface area contributed by atoms with Crippen LogP contribution in [0.1, 0.15) is 42.8 Å². The highest BCUT2D eigenvalue weighted by atomic mass is 16.5. The Morgan fingerprint density at radius 1 is 1.50 bits per heavy atom. The van der Waals surface area contributed by atoms with Crippen LogP contribution in [0.5, 0.6) is 0 Å². The van der Waals surface area contributed by atoms with E-state index in [1.54, 1.807) is 0 Å². The molecule has 2 rings (SSSR count). The average molecular weight is 306 g/mol. The fraction of sp³-hybridized carbons (Fsp3) is 0.625. The number of piperidine rings is 1. The molecule has 2 N–H and O–H groups in total. The lowest BCUT2D eigenvalue weighted by Gasteiger charge is -2.31. The summed E-state index contributed by atoms with van der Waals surface area (Å²) in [4.78, 5) is 14.5. The van der Waals surface area contributed by atoms with Gasteiger partial charge in [0, 0.05) is 31.2 Å². The number of urea groups is 1. The third kappa shape index (κ3) is 4.10. The molecule has 0 radical (unpaired) electrons. The number of nitrogens with zero attached hydrogens (tertiary/aromatic N) is 2. The third-order valence-electron chi connectivity index (χ3n) is 4.18. The third-order valence-corrected chi connectivity index (χ3v) is 4.18. The van der Waals surface area contributed by atoms with Crippen LogP contribution in [0.3, 0.4) is 0 Å². The summed E-state index contributed by atoms with van der Waals surface area (Å²) in [5.74, 6) is 0.753. The Morgan fingerprint density at radius 2 is 2.18 bits per heavy atom. The standard InChI is InChI=1S/C16H26N4O2/c1-5-8-20-9-6-14(7-10-20)18-16(21)17-11(2)15-12(3)19-22-13(15)4/h5,11,14H,1,6-10H2,2-4H3,(H2,17,18,21). The summed E-state index contributed by atoms with van der Waals surface area (Å²) in [6, 6.07) is -0.0142. The van der Waals surface area contributed by atoms with E-state index in [1.165, 1.54) is 0 Å². The number of hydrogen-bond acceptors (Lipinski definition) is 4. The molecule has 0 aliphatic carbocycles. The molecule has 1 atom stereocenters. The highest BCUT2D eigenvalue weighted by Crippen LogP contribution is 2.20. The quantitative estimate of drug-likeness (QED) is 0.819. The van der Waals surface area contributed by atoms with E-state index in [2.05, 4.69) is 27.3 Å². The lowest BCUT2D eigenvalue weighted by atomic mass is 10.1. The average Bonchev–Trinajstić information content (AvgIpc) is 2.80. The van der Waals surface area contributed by atoms with Crippen molar-refractivity contribution in [3.63, 3.8) is 0 Å². The lowest BCUT2D eigenvalue weighted by Crippen LogP contribution is -2.48. The van der Waals surface area contributed by atoms with Crippen molar-refractivity contribution >= 4 is 6.03 Å². The second-order valence-corrected chi connectivity index (χ2v) is 5.94. The van der Waals surface area contributed by atoms with Gasteiger partial charge in [-0.05, 0) is 33.6 Å². The summed E-state index contributed by atoms with van der Waals surface area (Å²) in [6.07, 6.45) is 3.87. The summed E-state index contributed by atoms with van der Waals surface area (Å²) in [6.45, 7) is 12.4. The van der Waals surface area contributed by atoms with Crippen molar-refractivity contribution < 1.29 is 9.32 Å². The predicted octanol–water partition coefficient (Wildman–Crippen LogP) is 2.30. The molecule has 1 aromatic rings. The number of likely N-dealkylation sites (tertiary alicyclic amines) is 1. The first-order valence-corrected chi connectivity index (χ1v) is 7.84. The molecular formula is C16H26N4O2. The first-order valence-electron chi connectivity index (χ1n) is 7.84. The maximum Gasteiger partial charge on any atom is 0.315 e. The molecule has 6 heteroatoms. The molecule has 6 nitrogen and oxygen atoms in total. The fourth-order valence-corrected chi connectivity index (χ4v) is 3.05. The number of aromatic nitrogens is 1. The van der Waals surface area contributed by atoms with Crippen molar-refractivity contribution in [3.8, 4) is 0 Å². The molecule has 22 heavy (non-hydrogen) atoms. The van der Waals surface area contributed by atoms with Gasteiger partial charge in [0.2, 0.25) is 0 Å². The molecule has 2 amide bonds.